The van der Waals surface area contributed by atoms with Crippen LogP contribution >= 0.6 is 23.7 Å². The van der Waals surface area contributed by atoms with Crippen LogP contribution in [0.2, 0.25) is 0 Å². The lowest BCUT2D eigenvalue weighted by Crippen LogP contribution is -2.29. The normalized spacial score (nSPS) is 13.5. The first-order chi connectivity index (χ1) is 9.81. The van der Waals surface area contributed by atoms with Crippen LogP contribution < -0.4 is 10.6 Å². The lowest BCUT2D eigenvalue weighted by atomic mass is 10.2. The quantitative estimate of drug-likeness (QED) is 0.858. The number of anilines is 1. The fourth-order valence-corrected chi connectivity index (χ4v) is 2.62. The van der Waals surface area contributed by atoms with Crippen molar-refractivity contribution >= 4 is 35.3 Å². The van der Waals surface area contributed by atoms with Crippen molar-refractivity contribution in [3.8, 4) is 10.6 Å². The number of hydrogen-bond donors (Lipinski definition) is 2. The predicted octanol–water partition coefficient (Wildman–Crippen LogP) is 3.17. The van der Waals surface area contributed by atoms with Crippen LogP contribution in [-0.2, 0) is 4.79 Å². The van der Waals surface area contributed by atoms with Gasteiger partial charge in [0, 0.05) is 22.8 Å². The third-order valence-electron chi connectivity index (χ3n) is 3.26. The van der Waals surface area contributed by atoms with Crippen LogP contribution in [0.15, 0.2) is 35.8 Å². The minimum absolute atomic E-state index is 0. The molecule has 6 heteroatoms. The molecule has 1 aromatic heterocycles. The van der Waals surface area contributed by atoms with Crippen molar-refractivity contribution in [2.45, 2.75) is 12.8 Å². The summed E-state index contributed by atoms with van der Waals surface area (Å²) in [5, 5.41) is 9.02. The van der Waals surface area contributed by atoms with E-state index in [2.05, 4.69) is 15.6 Å². The molecule has 1 amide bonds. The highest BCUT2D eigenvalue weighted by Gasteiger charge is 2.20. The first-order valence-corrected chi connectivity index (χ1v) is 7.70. The van der Waals surface area contributed by atoms with Gasteiger partial charge in [0.2, 0.25) is 5.91 Å². The summed E-state index contributed by atoms with van der Waals surface area (Å²) in [6, 6.07) is 7.78. The summed E-state index contributed by atoms with van der Waals surface area (Å²) in [6.45, 7) is 1.33. The molecule has 0 unspecified atom stereocenters. The minimum atomic E-state index is 0. The fourth-order valence-electron chi connectivity index (χ4n) is 1.98. The van der Waals surface area contributed by atoms with Gasteiger partial charge in [0.05, 0.1) is 6.54 Å². The highest BCUT2D eigenvalue weighted by Crippen LogP contribution is 2.27. The number of carbonyl (C=O) groups excluding carboxylic acids is 1. The maximum atomic E-state index is 11.7. The number of nitrogens with one attached hydrogen (secondary N) is 2. The molecule has 21 heavy (non-hydrogen) atoms. The van der Waals surface area contributed by atoms with Crippen molar-refractivity contribution in [2.75, 3.05) is 18.4 Å². The maximum absolute atomic E-state index is 11.7. The monoisotopic (exact) mass is 323 g/mol. The van der Waals surface area contributed by atoms with Gasteiger partial charge in [-0.05, 0) is 49.6 Å². The standard InChI is InChI=1S/C15H17N3OS.ClH/c19-14(10-16-9-11-1-2-11)18-13-5-3-12(4-6-13)15-17-7-8-20-15;/h3-8,11,16H,1-2,9-10H2,(H,18,19);1H. The molecule has 1 aromatic carbocycles. The van der Waals surface area contributed by atoms with Gasteiger partial charge in [-0.15, -0.1) is 23.7 Å². The molecule has 1 fully saturated rings. The Balaban J connectivity index is 0.00000161. The van der Waals surface area contributed by atoms with E-state index in [1.807, 2.05) is 29.6 Å². The van der Waals surface area contributed by atoms with Gasteiger partial charge in [-0.3, -0.25) is 4.79 Å². The molecule has 1 aliphatic carbocycles. The van der Waals surface area contributed by atoms with E-state index in [1.165, 1.54) is 12.8 Å². The molecule has 2 aromatic rings. The van der Waals surface area contributed by atoms with E-state index in [9.17, 15) is 4.79 Å². The van der Waals surface area contributed by atoms with E-state index >= 15 is 0 Å². The molecule has 112 valence electrons. The van der Waals surface area contributed by atoms with E-state index in [4.69, 9.17) is 0 Å². The fraction of sp³-hybridized carbons (Fsp3) is 0.333. The molecule has 0 atom stereocenters. The number of thiazole rings is 1. The number of benzene rings is 1. The molecule has 3 rings (SSSR count). The van der Waals surface area contributed by atoms with Crippen LogP contribution in [0.3, 0.4) is 0 Å². The van der Waals surface area contributed by atoms with Gasteiger partial charge in [-0.25, -0.2) is 4.98 Å². The van der Waals surface area contributed by atoms with E-state index in [1.54, 1.807) is 17.5 Å². The molecular formula is C15H18ClN3OS. The van der Waals surface area contributed by atoms with E-state index < -0.39 is 0 Å². The Labute approximate surface area is 134 Å². The molecule has 0 aliphatic heterocycles. The first-order valence-electron chi connectivity index (χ1n) is 6.82. The number of aromatic nitrogens is 1. The molecule has 1 heterocycles. The molecule has 0 spiro atoms. The zero-order chi connectivity index (χ0) is 13.8. The Morgan fingerprint density at radius 3 is 2.67 bits per heavy atom. The molecule has 0 saturated heterocycles. The van der Waals surface area contributed by atoms with Crippen LogP contribution in [-0.4, -0.2) is 24.0 Å². The Morgan fingerprint density at radius 2 is 2.05 bits per heavy atom. The van der Waals surface area contributed by atoms with Crippen LogP contribution in [0.5, 0.6) is 0 Å². The van der Waals surface area contributed by atoms with Crippen molar-refractivity contribution in [3.63, 3.8) is 0 Å². The Hall–Kier alpha value is -1.43. The second kappa shape index (κ2) is 7.54. The average molecular weight is 324 g/mol. The highest BCUT2D eigenvalue weighted by atomic mass is 35.5. The van der Waals surface area contributed by atoms with Crippen molar-refractivity contribution < 1.29 is 4.79 Å². The highest BCUT2D eigenvalue weighted by molar-refractivity contribution is 7.13. The largest absolute Gasteiger partial charge is 0.325 e. The lowest BCUT2D eigenvalue weighted by Gasteiger charge is -2.06. The summed E-state index contributed by atoms with van der Waals surface area (Å²) < 4.78 is 0. The number of hydrogen-bond acceptors (Lipinski definition) is 4. The topological polar surface area (TPSA) is 54.0 Å². The van der Waals surface area contributed by atoms with E-state index in [0.29, 0.717) is 6.54 Å². The summed E-state index contributed by atoms with van der Waals surface area (Å²) in [4.78, 5) is 16.0. The number of nitrogens with zero attached hydrogens (tertiary/aromatic N) is 1. The molecule has 1 saturated carbocycles. The summed E-state index contributed by atoms with van der Waals surface area (Å²) >= 11 is 1.61. The van der Waals surface area contributed by atoms with Crippen LogP contribution in [0, 0.1) is 5.92 Å². The molecule has 0 bridgehead atoms. The SMILES string of the molecule is Cl.O=C(CNCC1CC1)Nc1ccc(-c2nccs2)cc1. The van der Waals surface area contributed by atoms with Gasteiger partial charge in [0.25, 0.3) is 0 Å². The summed E-state index contributed by atoms with van der Waals surface area (Å²) in [5.41, 5.74) is 1.90. The van der Waals surface area contributed by atoms with Gasteiger partial charge in [0.1, 0.15) is 5.01 Å². The predicted molar refractivity (Wildman–Crippen MR) is 89.0 cm³/mol. The molecule has 2 N–H and O–H groups in total. The number of halogens is 1. The second-order valence-corrected chi connectivity index (χ2v) is 5.93. The minimum Gasteiger partial charge on any atom is -0.325 e. The maximum Gasteiger partial charge on any atom is 0.238 e. The Kier molecular flexibility index (Phi) is 5.73. The van der Waals surface area contributed by atoms with Gasteiger partial charge in [-0.2, -0.15) is 0 Å². The van der Waals surface area contributed by atoms with Crippen molar-refractivity contribution in [1.29, 1.82) is 0 Å². The van der Waals surface area contributed by atoms with Crippen molar-refractivity contribution in [2.24, 2.45) is 5.92 Å². The van der Waals surface area contributed by atoms with Crippen molar-refractivity contribution in [3.05, 3.63) is 35.8 Å². The van der Waals surface area contributed by atoms with E-state index in [0.717, 1.165) is 28.7 Å². The number of amides is 1. The first kappa shape index (κ1) is 15.9. The van der Waals surface area contributed by atoms with Gasteiger partial charge in [0.15, 0.2) is 0 Å². The van der Waals surface area contributed by atoms with Crippen LogP contribution in [0.25, 0.3) is 10.6 Å². The van der Waals surface area contributed by atoms with E-state index in [-0.39, 0.29) is 18.3 Å². The van der Waals surface area contributed by atoms with Gasteiger partial charge in [-0.1, -0.05) is 0 Å². The Morgan fingerprint density at radius 1 is 1.29 bits per heavy atom. The average Bonchev–Trinajstić information content (AvgIpc) is 3.11. The second-order valence-electron chi connectivity index (χ2n) is 5.04. The van der Waals surface area contributed by atoms with Gasteiger partial charge >= 0.3 is 0 Å². The lowest BCUT2D eigenvalue weighted by molar-refractivity contribution is -0.115. The molecule has 4 nitrogen and oxygen atoms in total. The van der Waals surface area contributed by atoms with Crippen LogP contribution in [0.1, 0.15) is 12.8 Å². The molecule has 1 aliphatic rings. The molecular weight excluding hydrogens is 306 g/mol. The van der Waals surface area contributed by atoms with Crippen LogP contribution in [0.4, 0.5) is 5.69 Å². The summed E-state index contributed by atoms with van der Waals surface area (Å²) in [7, 11) is 0. The van der Waals surface area contributed by atoms with Crippen molar-refractivity contribution in [1.82, 2.24) is 10.3 Å². The number of rotatable bonds is 6. The zero-order valence-corrected chi connectivity index (χ0v) is 13.2. The molecule has 0 radical (unpaired) electrons. The number of carbonyl (C=O) groups is 1. The van der Waals surface area contributed by atoms with Gasteiger partial charge < -0.3 is 10.6 Å². The third kappa shape index (κ3) is 4.81. The Bertz CT molecular complexity index is 567. The summed E-state index contributed by atoms with van der Waals surface area (Å²) in [6.07, 6.45) is 4.39. The smallest absolute Gasteiger partial charge is 0.238 e. The zero-order valence-electron chi connectivity index (χ0n) is 11.5. The third-order valence-corrected chi connectivity index (χ3v) is 4.09. The summed E-state index contributed by atoms with van der Waals surface area (Å²) in [5.74, 6) is 0.799.